The average molecular weight is 341 g/mol. The first-order valence-electron chi connectivity index (χ1n) is 6.99. The summed E-state index contributed by atoms with van der Waals surface area (Å²) in [6, 6.07) is 7.46. The fourth-order valence-electron chi connectivity index (χ4n) is 2.36. The molecule has 1 aromatic carbocycles. The van der Waals surface area contributed by atoms with E-state index in [1.807, 2.05) is 24.3 Å². The number of nitrogens with one attached hydrogen (secondary N) is 1. The Balaban J connectivity index is 1.50. The third kappa shape index (κ3) is 2.61. The van der Waals surface area contributed by atoms with Gasteiger partial charge in [0.25, 0.3) is 0 Å². The third-order valence-electron chi connectivity index (χ3n) is 3.44. The number of benzene rings is 1. The van der Waals surface area contributed by atoms with Gasteiger partial charge in [0.15, 0.2) is 16.6 Å². The van der Waals surface area contributed by atoms with E-state index in [4.69, 9.17) is 10.2 Å². The second kappa shape index (κ2) is 5.78. The van der Waals surface area contributed by atoms with Gasteiger partial charge in [-0.15, -0.1) is 11.3 Å². The lowest BCUT2D eigenvalue weighted by Crippen LogP contribution is -2.14. The third-order valence-corrected chi connectivity index (χ3v) is 4.20. The number of thiazole rings is 1. The molecule has 1 amide bonds. The minimum atomic E-state index is -0.171. The first-order chi connectivity index (χ1) is 11.7. The number of furan rings is 1. The summed E-state index contributed by atoms with van der Waals surface area (Å²) < 4.78 is 9.88. The highest BCUT2D eigenvalue weighted by Gasteiger charge is 2.15. The van der Waals surface area contributed by atoms with Crippen molar-refractivity contribution in [3.63, 3.8) is 0 Å². The number of carbonyl (C=O) groups is 1. The fraction of sp³-hybridized carbons (Fsp3) is 0.0667. The van der Waals surface area contributed by atoms with E-state index >= 15 is 0 Å². The predicted molar refractivity (Wildman–Crippen MR) is 88.4 cm³/mol. The van der Waals surface area contributed by atoms with Crippen LogP contribution in [0.15, 0.2) is 45.0 Å². The van der Waals surface area contributed by atoms with Crippen molar-refractivity contribution in [1.29, 1.82) is 0 Å². The van der Waals surface area contributed by atoms with Crippen molar-refractivity contribution in [2.45, 2.75) is 6.42 Å². The van der Waals surface area contributed by atoms with E-state index in [9.17, 15) is 4.79 Å². The molecule has 4 rings (SSSR count). The molecule has 4 aromatic rings. The summed E-state index contributed by atoms with van der Waals surface area (Å²) >= 11 is 1.27. The zero-order chi connectivity index (χ0) is 16.5. The van der Waals surface area contributed by atoms with Gasteiger partial charge in [0.2, 0.25) is 5.91 Å². The molecule has 3 N–H and O–H groups in total. The maximum atomic E-state index is 12.3. The van der Waals surface area contributed by atoms with E-state index in [0.717, 1.165) is 16.5 Å². The standard InChI is InChI=1S/C15H11N5O3S/c16-14-13(19-23-20-14)10-7-24-15(17-10)18-12(21)6-8-2-1-3-11-9(8)4-5-22-11/h1-5,7H,6H2,(H2,16,20)(H,17,18,21). The predicted octanol–water partition coefficient (Wildman–Crippen LogP) is 2.70. The molecule has 0 aliphatic heterocycles. The molecule has 0 saturated heterocycles. The molecule has 0 aliphatic carbocycles. The van der Waals surface area contributed by atoms with Gasteiger partial charge in [-0.25, -0.2) is 9.61 Å². The number of carbonyl (C=O) groups excluding carboxylic acids is 1. The van der Waals surface area contributed by atoms with Crippen LogP contribution in [0.1, 0.15) is 5.56 Å². The summed E-state index contributed by atoms with van der Waals surface area (Å²) in [6.45, 7) is 0. The van der Waals surface area contributed by atoms with E-state index in [1.165, 1.54) is 11.3 Å². The van der Waals surface area contributed by atoms with Crippen molar-refractivity contribution in [3.8, 4) is 11.4 Å². The summed E-state index contributed by atoms with van der Waals surface area (Å²) in [5.41, 5.74) is 8.14. The number of amides is 1. The summed E-state index contributed by atoms with van der Waals surface area (Å²) in [5.74, 6) is -0.0133. The minimum absolute atomic E-state index is 0.157. The van der Waals surface area contributed by atoms with Crippen LogP contribution in [-0.4, -0.2) is 21.2 Å². The molecule has 0 atom stereocenters. The Morgan fingerprint density at radius 1 is 1.29 bits per heavy atom. The molecule has 0 fully saturated rings. The molecule has 0 unspecified atom stereocenters. The number of fused-ring (bicyclic) bond motifs is 1. The van der Waals surface area contributed by atoms with E-state index in [1.54, 1.807) is 11.6 Å². The highest BCUT2D eigenvalue weighted by atomic mass is 32.1. The Morgan fingerprint density at radius 3 is 3.04 bits per heavy atom. The Hall–Kier alpha value is -3.20. The van der Waals surface area contributed by atoms with Gasteiger partial charge < -0.3 is 15.5 Å². The normalized spacial score (nSPS) is 11.0. The molecular weight excluding hydrogens is 330 g/mol. The van der Waals surface area contributed by atoms with Gasteiger partial charge in [0.1, 0.15) is 11.3 Å². The maximum Gasteiger partial charge on any atom is 0.230 e. The highest BCUT2D eigenvalue weighted by Crippen LogP contribution is 2.27. The fourth-order valence-corrected chi connectivity index (χ4v) is 3.07. The van der Waals surface area contributed by atoms with Gasteiger partial charge >= 0.3 is 0 Å². The monoisotopic (exact) mass is 341 g/mol. The van der Waals surface area contributed by atoms with Crippen molar-refractivity contribution < 1.29 is 13.8 Å². The lowest BCUT2D eigenvalue weighted by Gasteiger charge is -2.03. The Bertz CT molecular complexity index is 1020. The van der Waals surface area contributed by atoms with Gasteiger partial charge in [0.05, 0.1) is 12.7 Å². The Kier molecular flexibility index (Phi) is 3.47. The van der Waals surface area contributed by atoms with Crippen LogP contribution < -0.4 is 11.1 Å². The number of nitrogens with two attached hydrogens (primary N) is 1. The van der Waals surface area contributed by atoms with E-state index in [2.05, 4.69) is 25.2 Å². The largest absolute Gasteiger partial charge is 0.464 e. The number of hydrogen-bond acceptors (Lipinski definition) is 8. The van der Waals surface area contributed by atoms with Gasteiger partial charge in [-0.3, -0.25) is 4.79 Å². The van der Waals surface area contributed by atoms with Crippen LogP contribution in [0.2, 0.25) is 0 Å². The van der Waals surface area contributed by atoms with Crippen LogP contribution >= 0.6 is 11.3 Å². The smallest absolute Gasteiger partial charge is 0.230 e. The maximum absolute atomic E-state index is 12.3. The molecule has 120 valence electrons. The molecular formula is C15H11N5O3S. The molecule has 0 bridgehead atoms. The van der Waals surface area contributed by atoms with Crippen LogP contribution in [0.5, 0.6) is 0 Å². The Labute approximate surface area is 139 Å². The van der Waals surface area contributed by atoms with Crippen LogP contribution in [0.4, 0.5) is 10.9 Å². The molecule has 9 heteroatoms. The van der Waals surface area contributed by atoms with E-state index in [-0.39, 0.29) is 18.1 Å². The molecule has 24 heavy (non-hydrogen) atoms. The van der Waals surface area contributed by atoms with Crippen molar-refractivity contribution in [1.82, 2.24) is 15.3 Å². The minimum Gasteiger partial charge on any atom is -0.464 e. The molecule has 0 aliphatic rings. The van der Waals surface area contributed by atoms with Gasteiger partial charge in [0, 0.05) is 10.8 Å². The van der Waals surface area contributed by atoms with Gasteiger partial charge in [-0.05, 0) is 28.0 Å². The van der Waals surface area contributed by atoms with Crippen LogP contribution in [0, 0.1) is 0 Å². The summed E-state index contributed by atoms with van der Waals surface area (Å²) in [4.78, 5) is 16.5. The molecule has 0 saturated carbocycles. The first kappa shape index (κ1) is 14.4. The number of rotatable bonds is 4. The number of hydrogen-bond donors (Lipinski definition) is 2. The molecule has 0 spiro atoms. The molecule has 3 aromatic heterocycles. The quantitative estimate of drug-likeness (QED) is 0.585. The van der Waals surface area contributed by atoms with Gasteiger partial charge in [-0.1, -0.05) is 12.1 Å². The Morgan fingerprint density at radius 2 is 2.21 bits per heavy atom. The van der Waals surface area contributed by atoms with E-state index in [0.29, 0.717) is 16.5 Å². The van der Waals surface area contributed by atoms with Crippen molar-refractivity contribution in [3.05, 3.63) is 41.5 Å². The highest BCUT2D eigenvalue weighted by molar-refractivity contribution is 7.14. The second-order valence-corrected chi connectivity index (χ2v) is 5.87. The zero-order valence-electron chi connectivity index (χ0n) is 12.2. The van der Waals surface area contributed by atoms with Crippen molar-refractivity contribution >= 4 is 39.2 Å². The molecule has 3 heterocycles. The number of nitrogen functional groups attached to an aromatic ring is 1. The first-order valence-corrected chi connectivity index (χ1v) is 7.87. The van der Waals surface area contributed by atoms with Crippen LogP contribution in [-0.2, 0) is 11.2 Å². The van der Waals surface area contributed by atoms with Crippen LogP contribution in [0.3, 0.4) is 0 Å². The SMILES string of the molecule is Nc1nonc1-c1csc(NC(=O)Cc2cccc3occc23)n1. The van der Waals surface area contributed by atoms with E-state index < -0.39 is 0 Å². The van der Waals surface area contributed by atoms with Crippen molar-refractivity contribution in [2.24, 2.45) is 0 Å². The topological polar surface area (TPSA) is 120 Å². The number of anilines is 2. The summed E-state index contributed by atoms with van der Waals surface area (Å²) in [7, 11) is 0. The summed E-state index contributed by atoms with van der Waals surface area (Å²) in [6.07, 6.45) is 1.83. The number of nitrogens with zero attached hydrogens (tertiary/aromatic N) is 3. The average Bonchev–Trinajstić information content (AvgIpc) is 3.27. The summed E-state index contributed by atoms with van der Waals surface area (Å²) in [5, 5.41) is 13.1. The second-order valence-electron chi connectivity index (χ2n) is 5.01. The van der Waals surface area contributed by atoms with Crippen LogP contribution in [0.25, 0.3) is 22.4 Å². The van der Waals surface area contributed by atoms with Crippen molar-refractivity contribution in [2.75, 3.05) is 11.1 Å². The zero-order valence-corrected chi connectivity index (χ0v) is 13.0. The molecule has 8 nitrogen and oxygen atoms in total. The lowest BCUT2D eigenvalue weighted by molar-refractivity contribution is -0.115. The van der Waals surface area contributed by atoms with Gasteiger partial charge in [-0.2, -0.15) is 0 Å². The molecule has 0 radical (unpaired) electrons. The number of aromatic nitrogens is 3. The lowest BCUT2D eigenvalue weighted by atomic mass is 10.1.